The summed E-state index contributed by atoms with van der Waals surface area (Å²) in [5, 5.41) is 7.11. The van der Waals surface area contributed by atoms with Gasteiger partial charge in [0.05, 0.1) is 5.69 Å². The minimum atomic E-state index is -0.751. The summed E-state index contributed by atoms with van der Waals surface area (Å²) >= 11 is 0. The van der Waals surface area contributed by atoms with Crippen LogP contribution in [-0.2, 0) is 4.79 Å². The van der Waals surface area contributed by atoms with Gasteiger partial charge >= 0.3 is 0 Å². The van der Waals surface area contributed by atoms with Crippen LogP contribution in [0, 0.1) is 5.92 Å². The number of para-hydroxylation sites is 1. The van der Waals surface area contributed by atoms with E-state index in [0.29, 0.717) is 5.82 Å². The quantitative estimate of drug-likeness (QED) is 0.710. The van der Waals surface area contributed by atoms with Gasteiger partial charge in [-0.1, -0.05) is 32.0 Å². The van der Waals surface area contributed by atoms with Gasteiger partial charge in [-0.05, 0) is 30.2 Å². The van der Waals surface area contributed by atoms with Gasteiger partial charge in [0.1, 0.15) is 11.9 Å². The molecule has 0 aliphatic heterocycles. The Balaban J connectivity index is 1.99. The largest absolute Gasteiger partial charge is 0.368 e. The predicted octanol–water partition coefficient (Wildman–Crippen LogP) is 1.90. The molecular formula is C19H21N5O2. The third kappa shape index (κ3) is 3.51. The van der Waals surface area contributed by atoms with Crippen molar-refractivity contribution in [3.63, 3.8) is 0 Å². The molecule has 0 bridgehead atoms. The lowest BCUT2D eigenvalue weighted by molar-refractivity contribution is -0.120. The van der Waals surface area contributed by atoms with Crippen molar-refractivity contribution in [3.05, 3.63) is 66.6 Å². The number of amides is 2. The molecule has 2 amide bonds. The number of hydrogen-bond donors (Lipinski definition) is 2. The molecule has 1 aromatic carbocycles. The lowest BCUT2D eigenvalue weighted by atomic mass is 10.0. The summed E-state index contributed by atoms with van der Waals surface area (Å²) in [6, 6.07) is 14.2. The summed E-state index contributed by atoms with van der Waals surface area (Å²) in [5.74, 6) is -0.407. The van der Waals surface area contributed by atoms with Crippen molar-refractivity contribution in [2.24, 2.45) is 11.7 Å². The summed E-state index contributed by atoms with van der Waals surface area (Å²) < 4.78 is 3.55. The molecular weight excluding hydrogens is 330 g/mol. The molecule has 0 unspecified atom stereocenters. The third-order valence-electron chi connectivity index (χ3n) is 4.05. The highest BCUT2D eigenvalue weighted by Crippen LogP contribution is 2.17. The summed E-state index contributed by atoms with van der Waals surface area (Å²) in [4.78, 5) is 24.2. The van der Waals surface area contributed by atoms with Crippen LogP contribution in [0.2, 0.25) is 0 Å². The Bertz CT molecular complexity index is 897. The fraction of sp³-hybridized carbons (Fsp3) is 0.211. The molecule has 2 heterocycles. The van der Waals surface area contributed by atoms with E-state index < -0.39 is 17.9 Å². The summed E-state index contributed by atoms with van der Waals surface area (Å²) in [6.45, 7) is 3.65. The second-order valence-corrected chi connectivity index (χ2v) is 6.32. The van der Waals surface area contributed by atoms with E-state index in [1.165, 1.54) is 0 Å². The number of aromatic nitrogens is 3. The number of hydrogen-bond acceptors (Lipinski definition) is 3. The monoisotopic (exact) mass is 351 g/mol. The predicted molar refractivity (Wildman–Crippen MR) is 98.2 cm³/mol. The van der Waals surface area contributed by atoms with Crippen LogP contribution in [0.15, 0.2) is 60.9 Å². The van der Waals surface area contributed by atoms with E-state index in [9.17, 15) is 9.59 Å². The minimum Gasteiger partial charge on any atom is -0.368 e. The van der Waals surface area contributed by atoms with Crippen molar-refractivity contribution in [1.82, 2.24) is 19.7 Å². The molecule has 0 radical (unpaired) electrons. The van der Waals surface area contributed by atoms with Crippen LogP contribution in [0.1, 0.15) is 24.3 Å². The molecule has 0 aliphatic rings. The first-order valence-electron chi connectivity index (χ1n) is 8.36. The number of benzene rings is 1. The van der Waals surface area contributed by atoms with Crippen molar-refractivity contribution >= 4 is 11.8 Å². The molecule has 26 heavy (non-hydrogen) atoms. The Kier molecular flexibility index (Phi) is 4.88. The number of carbonyl (C=O) groups is 2. The Morgan fingerprint density at radius 2 is 1.73 bits per heavy atom. The number of carbonyl (C=O) groups excluding carboxylic acids is 2. The lowest BCUT2D eigenvalue weighted by Crippen LogP contribution is -2.47. The fourth-order valence-corrected chi connectivity index (χ4v) is 2.69. The van der Waals surface area contributed by atoms with Crippen molar-refractivity contribution in [1.29, 1.82) is 0 Å². The second-order valence-electron chi connectivity index (χ2n) is 6.32. The molecule has 134 valence electrons. The average Bonchev–Trinajstić information content (AvgIpc) is 3.28. The molecule has 7 heteroatoms. The first-order chi connectivity index (χ1) is 12.5. The SMILES string of the molecule is CC(C)[C@H](NC(=O)c1cc(-n2cccc2)n(-c2ccccc2)n1)C(N)=O. The van der Waals surface area contributed by atoms with E-state index in [1.807, 2.05) is 73.3 Å². The second kappa shape index (κ2) is 7.26. The zero-order valence-corrected chi connectivity index (χ0v) is 14.7. The van der Waals surface area contributed by atoms with Crippen molar-refractivity contribution in [3.8, 4) is 11.5 Å². The Labute approximate surface area is 151 Å². The van der Waals surface area contributed by atoms with Gasteiger partial charge in [-0.3, -0.25) is 9.59 Å². The average molecular weight is 351 g/mol. The van der Waals surface area contributed by atoms with Gasteiger partial charge in [0.15, 0.2) is 5.69 Å². The summed E-state index contributed by atoms with van der Waals surface area (Å²) in [5.41, 5.74) is 6.42. The minimum absolute atomic E-state index is 0.114. The van der Waals surface area contributed by atoms with Gasteiger partial charge in [-0.2, -0.15) is 5.10 Å². The van der Waals surface area contributed by atoms with Crippen LogP contribution >= 0.6 is 0 Å². The summed E-state index contributed by atoms with van der Waals surface area (Å²) in [7, 11) is 0. The number of nitrogens with one attached hydrogen (secondary N) is 1. The van der Waals surface area contributed by atoms with E-state index >= 15 is 0 Å². The van der Waals surface area contributed by atoms with Crippen LogP contribution in [-0.4, -0.2) is 32.2 Å². The van der Waals surface area contributed by atoms with Gasteiger partial charge in [0.2, 0.25) is 5.91 Å². The maximum absolute atomic E-state index is 12.6. The highest BCUT2D eigenvalue weighted by molar-refractivity contribution is 5.96. The molecule has 0 aliphatic carbocycles. The third-order valence-corrected chi connectivity index (χ3v) is 4.05. The number of primary amides is 1. The van der Waals surface area contributed by atoms with E-state index in [-0.39, 0.29) is 11.6 Å². The summed E-state index contributed by atoms with van der Waals surface area (Å²) in [6.07, 6.45) is 3.75. The van der Waals surface area contributed by atoms with Crippen molar-refractivity contribution in [2.75, 3.05) is 0 Å². The zero-order chi connectivity index (χ0) is 18.7. The van der Waals surface area contributed by atoms with E-state index in [1.54, 1.807) is 10.7 Å². The van der Waals surface area contributed by atoms with Gasteiger partial charge < -0.3 is 15.6 Å². The van der Waals surface area contributed by atoms with Gasteiger partial charge in [0, 0.05) is 18.5 Å². The highest BCUT2D eigenvalue weighted by Gasteiger charge is 2.24. The van der Waals surface area contributed by atoms with E-state index in [0.717, 1.165) is 5.69 Å². The number of rotatable bonds is 6. The number of nitrogens with zero attached hydrogens (tertiary/aromatic N) is 3. The molecule has 3 rings (SSSR count). The molecule has 0 spiro atoms. The van der Waals surface area contributed by atoms with Crippen molar-refractivity contribution in [2.45, 2.75) is 19.9 Å². The van der Waals surface area contributed by atoms with Crippen LogP contribution < -0.4 is 11.1 Å². The Hall–Kier alpha value is -3.35. The molecule has 3 N–H and O–H groups in total. The topological polar surface area (TPSA) is 94.9 Å². The van der Waals surface area contributed by atoms with Gasteiger partial charge in [-0.15, -0.1) is 0 Å². The molecule has 1 atom stereocenters. The number of nitrogens with two attached hydrogens (primary N) is 1. The van der Waals surface area contributed by atoms with Gasteiger partial charge in [0.25, 0.3) is 5.91 Å². The first kappa shape index (κ1) is 17.5. The van der Waals surface area contributed by atoms with Crippen LogP contribution in [0.5, 0.6) is 0 Å². The fourth-order valence-electron chi connectivity index (χ4n) is 2.69. The Morgan fingerprint density at radius 1 is 1.08 bits per heavy atom. The maximum atomic E-state index is 12.6. The molecule has 0 saturated heterocycles. The molecule has 2 aromatic heterocycles. The zero-order valence-electron chi connectivity index (χ0n) is 14.7. The Morgan fingerprint density at radius 3 is 2.31 bits per heavy atom. The first-order valence-corrected chi connectivity index (χ1v) is 8.36. The normalized spacial score (nSPS) is 12.1. The standard InChI is InChI=1S/C19H21N5O2/c1-13(2)17(18(20)25)21-19(26)15-12-16(23-10-6-7-11-23)24(22-15)14-8-4-3-5-9-14/h3-13,17H,1-2H3,(H2,20,25)(H,21,26)/t17-/m0/s1. The van der Waals surface area contributed by atoms with E-state index in [4.69, 9.17) is 5.73 Å². The lowest BCUT2D eigenvalue weighted by Gasteiger charge is -2.18. The molecule has 0 saturated carbocycles. The smallest absolute Gasteiger partial charge is 0.272 e. The van der Waals surface area contributed by atoms with Gasteiger partial charge in [-0.25, -0.2) is 4.68 Å². The van der Waals surface area contributed by atoms with Crippen LogP contribution in [0.25, 0.3) is 11.5 Å². The molecule has 0 fully saturated rings. The molecule has 7 nitrogen and oxygen atoms in total. The highest BCUT2D eigenvalue weighted by atomic mass is 16.2. The maximum Gasteiger partial charge on any atom is 0.272 e. The molecule has 3 aromatic rings. The van der Waals surface area contributed by atoms with E-state index in [2.05, 4.69) is 10.4 Å². The van der Waals surface area contributed by atoms with Crippen molar-refractivity contribution < 1.29 is 9.59 Å². The van der Waals surface area contributed by atoms with Crippen LogP contribution in [0.3, 0.4) is 0 Å². The van der Waals surface area contributed by atoms with Crippen LogP contribution in [0.4, 0.5) is 0 Å².